The van der Waals surface area contributed by atoms with Crippen molar-refractivity contribution in [1.29, 1.82) is 0 Å². The zero-order valence-electron chi connectivity index (χ0n) is 21.3. The van der Waals surface area contributed by atoms with E-state index in [0.717, 1.165) is 0 Å². The number of phenols is 3. The van der Waals surface area contributed by atoms with Gasteiger partial charge >= 0.3 is 5.97 Å². The molecule has 0 fully saturated rings. The van der Waals surface area contributed by atoms with Crippen LogP contribution in [0.2, 0.25) is 0 Å². The standard InChI is InChI=1S/C29H28O9/c1-15(2)37-20-11-10-17(12-22(20)35-3)18(13-23(31)36-4)24-26(32)28(34)27(33)25-19(30)14-21(38-29(24)25)16-8-6-5-7-9-16/h5-12,14-15,18,32-34H,13H2,1-4H3/t18-/m1/s1. The summed E-state index contributed by atoms with van der Waals surface area (Å²) >= 11 is 0. The number of methoxy groups -OCH3 is 2. The van der Waals surface area contributed by atoms with Gasteiger partial charge in [0.1, 0.15) is 16.7 Å². The van der Waals surface area contributed by atoms with E-state index in [1.54, 1.807) is 48.5 Å². The van der Waals surface area contributed by atoms with Gasteiger partial charge in [0.15, 0.2) is 28.4 Å². The van der Waals surface area contributed by atoms with E-state index in [-0.39, 0.29) is 34.8 Å². The number of benzene rings is 3. The van der Waals surface area contributed by atoms with Crippen molar-refractivity contribution < 1.29 is 38.7 Å². The van der Waals surface area contributed by atoms with Crippen LogP contribution in [0, 0.1) is 0 Å². The fourth-order valence-corrected chi connectivity index (χ4v) is 4.33. The zero-order chi connectivity index (χ0) is 27.6. The van der Waals surface area contributed by atoms with Crippen molar-refractivity contribution in [3.05, 3.63) is 75.9 Å². The van der Waals surface area contributed by atoms with Gasteiger partial charge in [-0.05, 0) is 31.5 Å². The second-order valence-electron chi connectivity index (χ2n) is 8.91. The maximum absolute atomic E-state index is 13.2. The van der Waals surface area contributed by atoms with Gasteiger partial charge in [0.2, 0.25) is 5.75 Å². The van der Waals surface area contributed by atoms with Gasteiger partial charge < -0.3 is 33.9 Å². The highest BCUT2D eigenvalue weighted by Crippen LogP contribution is 2.50. The van der Waals surface area contributed by atoms with Crippen LogP contribution >= 0.6 is 0 Å². The molecule has 0 aliphatic heterocycles. The molecular formula is C29H28O9. The van der Waals surface area contributed by atoms with Crippen LogP contribution in [-0.4, -0.2) is 41.6 Å². The minimum Gasteiger partial charge on any atom is -0.504 e. The molecule has 0 saturated carbocycles. The van der Waals surface area contributed by atoms with Crippen molar-refractivity contribution >= 4 is 16.9 Å². The molecule has 4 rings (SSSR count). The highest BCUT2D eigenvalue weighted by molar-refractivity contribution is 5.93. The summed E-state index contributed by atoms with van der Waals surface area (Å²) in [5.41, 5.74) is 0.146. The Labute approximate surface area is 218 Å². The number of hydrogen-bond acceptors (Lipinski definition) is 9. The summed E-state index contributed by atoms with van der Waals surface area (Å²) in [6.07, 6.45) is -0.427. The molecule has 3 aromatic carbocycles. The average molecular weight is 521 g/mol. The number of aromatic hydroxyl groups is 3. The predicted octanol–water partition coefficient (Wildman–Crippen LogP) is 5.07. The Kier molecular flexibility index (Phi) is 7.47. The molecule has 1 atom stereocenters. The highest BCUT2D eigenvalue weighted by atomic mass is 16.5. The number of phenolic OH excluding ortho intramolecular Hbond substituents is 3. The second kappa shape index (κ2) is 10.8. The van der Waals surface area contributed by atoms with E-state index in [1.807, 2.05) is 13.8 Å². The lowest BCUT2D eigenvalue weighted by Gasteiger charge is -2.22. The fraction of sp³-hybridized carbons (Fsp3) is 0.241. The molecule has 9 heteroatoms. The Morgan fingerprint density at radius 2 is 1.63 bits per heavy atom. The van der Waals surface area contributed by atoms with Crippen molar-refractivity contribution in [3.8, 4) is 40.1 Å². The molecule has 198 valence electrons. The normalized spacial score (nSPS) is 11.9. The van der Waals surface area contributed by atoms with Crippen LogP contribution < -0.4 is 14.9 Å². The third-order valence-electron chi connectivity index (χ3n) is 6.09. The van der Waals surface area contributed by atoms with E-state index in [1.165, 1.54) is 20.3 Å². The Bertz CT molecular complexity index is 1540. The lowest BCUT2D eigenvalue weighted by Crippen LogP contribution is -2.13. The largest absolute Gasteiger partial charge is 0.504 e. The third-order valence-corrected chi connectivity index (χ3v) is 6.09. The Hall–Kier alpha value is -4.66. The van der Waals surface area contributed by atoms with Crippen LogP contribution in [0.25, 0.3) is 22.3 Å². The molecule has 0 spiro atoms. The topological polar surface area (TPSA) is 136 Å². The summed E-state index contributed by atoms with van der Waals surface area (Å²) in [5, 5.41) is 31.9. The first-order chi connectivity index (χ1) is 18.2. The van der Waals surface area contributed by atoms with Gasteiger partial charge in [-0.3, -0.25) is 9.59 Å². The van der Waals surface area contributed by atoms with Crippen LogP contribution in [0.15, 0.2) is 63.8 Å². The summed E-state index contributed by atoms with van der Waals surface area (Å²) in [6, 6.07) is 14.9. The number of rotatable bonds is 8. The van der Waals surface area contributed by atoms with E-state index in [9.17, 15) is 24.9 Å². The van der Waals surface area contributed by atoms with Gasteiger partial charge in [0.25, 0.3) is 0 Å². The summed E-state index contributed by atoms with van der Waals surface area (Å²) in [6.45, 7) is 3.73. The van der Waals surface area contributed by atoms with Crippen molar-refractivity contribution in [3.63, 3.8) is 0 Å². The molecule has 0 amide bonds. The van der Waals surface area contributed by atoms with Gasteiger partial charge in [0.05, 0.1) is 26.7 Å². The molecule has 1 heterocycles. The molecular weight excluding hydrogens is 492 g/mol. The summed E-state index contributed by atoms with van der Waals surface area (Å²) in [4.78, 5) is 25.7. The zero-order valence-corrected chi connectivity index (χ0v) is 21.3. The molecule has 0 aliphatic rings. The molecule has 0 saturated heterocycles. The number of carbonyl (C=O) groups excluding carboxylic acids is 1. The first-order valence-electron chi connectivity index (χ1n) is 11.9. The lowest BCUT2D eigenvalue weighted by molar-refractivity contribution is -0.140. The molecule has 9 nitrogen and oxygen atoms in total. The van der Waals surface area contributed by atoms with E-state index >= 15 is 0 Å². The van der Waals surface area contributed by atoms with Gasteiger partial charge in [-0.2, -0.15) is 0 Å². The molecule has 38 heavy (non-hydrogen) atoms. The number of ether oxygens (including phenoxy) is 3. The Morgan fingerprint density at radius 3 is 2.26 bits per heavy atom. The SMILES string of the molecule is COC(=O)C[C@H](c1ccc(OC(C)C)c(OC)c1)c1c(O)c(O)c(O)c2c(=O)cc(-c3ccccc3)oc12. The summed E-state index contributed by atoms with van der Waals surface area (Å²) < 4.78 is 22.3. The number of esters is 1. The highest BCUT2D eigenvalue weighted by Gasteiger charge is 2.31. The maximum Gasteiger partial charge on any atom is 0.306 e. The fourth-order valence-electron chi connectivity index (χ4n) is 4.33. The molecule has 4 aromatic rings. The average Bonchev–Trinajstić information content (AvgIpc) is 2.91. The summed E-state index contributed by atoms with van der Waals surface area (Å²) in [5.74, 6) is -3.08. The van der Waals surface area contributed by atoms with Crippen LogP contribution in [0.3, 0.4) is 0 Å². The number of carbonyl (C=O) groups is 1. The molecule has 0 unspecified atom stereocenters. The maximum atomic E-state index is 13.2. The van der Waals surface area contributed by atoms with Crippen LogP contribution in [-0.2, 0) is 9.53 Å². The minimum absolute atomic E-state index is 0.0739. The van der Waals surface area contributed by atoms with Crippen LogP contribution in [0.5, 0.6) is 28.7 Å². The smallest absolute Gasteiger partial charge is 0.306 e. The quantitative estimate of drug-likeness (QED) is 0.215. The van der Waals surface area contributed by atoms with E-state index in [2.05, 4.69) is 0 Å². The van der Waals surface area contributed by atoms with E-state index in [0.29, 0.717) is 22.6 Å². The van der Waals surface area contributed by atoms with E-state index in [4.69, 9.17) is 18.6 Å². The van der Waals surface area contributed by atoms with Crippen molar-refractivity contribution in [2.24, 2.45) is 0 Å². The molecule has 0 bridgehead atoms. The number of hydrogen-bond donors (Lipinski definition) is 3. The Balaban J connectivity index is 2.05. The number of fused-ring (bicyclic) bond motifs is 1. The predicted molar refractivity (Wildman–Crippen MR) is 140 cm³/mol. The molecule has 1 aromatic heterocycles. The van der Waals surface area contributed by atoms with Gasteiger partial charge in [-0.15, -0.1) is 0 Å². The molecule has 0 radical (unpaired) electrons. The van der Waals surface area contributed by atoms with Crippen LogP contribution in [0.4, 0.5) is 0 Å². The van der Waals surface area contributed by atoms with Crippen LogP contribution in [0.1, 0.15) is 37.3 Å². The minimum atomic E-state index is -0.979. The second-order valence-corrected chi connectivity index (χ2v) is 8.91. The molecule has 0 aliphatic carbocycles. The van der Waals surface area contributed by atoms with Crippen molar-refractivity contribution in [1.82, 2.24) is 0 Å². The van der Waals surface area contributed by atoms with Gasteiger partial charge in [0, 0.05) is 23.1 Å². The first kappa shape index (κ1) is 26.4. The lowest BCUT2D eigenvalue weighted by atomic mass is 9.86. The van der Waals surface area contributed by atoms with Crippen molar-refractivity contribution in [2.45, 2.75) is 32.3 Å². The Morgan fingerprint density at radius 1 is 0.921 bits per heavy atom. The summed E-state index contributed by atoms with van der Waals surface area (Å²) in [7, 11) is 2.69. The van der Waals surface area contributed by atoms with Gasteiger partial charge in [-0.1, -0.05) is 36.4 Å². The van der Waals surface area contributed by atoms with Crippen molar-refractivity contribution in [2.75, 3.05) is 14.2 Å². The van der Waals surface area contributed by atoms with Gasteiger partial charge in [-0.25, -0.2) is 0 Å². The third kappa shape index (κ3) is 4.95. The monoisotopic (exact) mass is 520 g/mol. The van der Waals surface area contributed by atoms with E-state index < -0.39 is 34.6 Å². The molecule has 3 N–H and O–H groups in total. The first-order valence-corrected chi connectivity index (χ1v) is 11.9.